The zero-order valence-corrected chi connectivity index (χ0v) is 19.4. The van der Waals surface area contributed by atoms with Gasteiger partial charge in [0.05, 0.1) is 12.6 Å². The van der Waals surface area contributed by atoms with Crippen LogP contribution in [0.5, 0.6) is 0 Å². The van der Waals surface area contributed by atoms with Gasteiger partial charge < -0.3 is 15.5 Å². The molecule has 26 heavy (non-hydrogen) atoms. The van der Waals surface area contributed by atoms with Crippen molar-refractivity contribution < 1.29 is 4.79 Å². The van der Waals surface area contributed by atoms with Gasteiger partial charge in [0.2, 0.25) is 5.91 Å². The molecule has 1 unspecified atom stereocenters. The Morgan fingerprint density at radius 3 is 2.77 bits per heavy atom. The quantitative estimate of drug-likeness (QED) is 0.265. The zero-order valence-electron chi connectivity index (χ0n) is 16.2. The average Bonchev–Trinajstić information content (AvgIpc) is 3.22. The molecule has 1 atom stereocenters. The number of rotatable bonds is 7. The summed E-state index contributed by atoms with van der Waals surface area (Å²) in [5, 5.41) is 6.70. The summed E-state index contributed by atoms with van der Waals surface area (Å²) in [7, 11) is 5.47. The summed E-state index contributed by atoms with van der Waals surface area (Å²) >= 11 is 1.80. The van der Waals surface area contributed by atoms with Crippen molar-refractivity contribution >= 4 is 47.2 Å². The number of nitrogens with one attached hydrogen (secondary N) is 2. The van der Waals surface area contributed by atoms with Gasteiger partial charge in [0.25, 0.3) is 0 Å². The molecular formula is C18H32IN5OS. The third kappa shape index (κ3) is 7.03. The van der Waals surface area contributed by atoms with Crippen LogP contribution in [-0.4, -0.2) is 68.5 Å². The molecule has 0 bridgehead atoms. The topological polar surface area (TPSA) is 60.0 Å². The number of nitrogens with zero attached hydrogens (tertiary/aromatic N) is 3. The van der Waals surface area contributed by atoms with Crippen molar-refractivity contribution in [2.45, 2.75) is 38.8 Å². The molecule has 1 fully saturated rings. The van der Waals surface area contributed by atoms with E-state index in [0.29, 0.717) is 0 Å². The Kier molecular flexibility index (Phi) is 10.5. The van der Waals surface area contributed by atoms with E-state index in [9.17, 15) is 4.79 Å². The number of carbonyl (C=O) groups is 1. The fourth-order valence-electron chi connectivity index (χ4n) is 3.13. The molecule has 1 saturated heterocycles. The fourth-order valence-corrected chi connectivity index (χ4v) is 3.96. The summed E-state index contributed by atoms with van der Waals surface area (Å²) in [6, 6.07) is 4.35. The fraction of sp³-hybridized carbons (Fsp3) is 0.667. The second-order valence-corrected chi connectivity index (χ2v) is 8.02. The number of guanidine groups is 1. The summed E-state index contributed by atoms with van der Waals surface area (Å²) < 4.78 is 0. The predicted molar refractivity (Wildman–Crippen MR) is 121 cm³/mol. The minimum absolute atomic E-state index is 0. The van der Waals surface area contributed by atoms with Gasteiger partial charge in [-0.05, 0) is 44.9 Å². The highest BCUT2D eigenvalue weighted by Crippen LogP contribution is 2.18. The first-order chi connectivity index (χ1) is 12.0. The van der Waals surface area contributed by atoms with Crippen LogP contribution < -0.4 is 10.6 Å². The van der Waals surface area contributed by atoms with E-state index in [2.05, 4.69) is 39.6 Å². The maximum atomic E-state index is 12.2. The van der Waals surface area contributed by atoms with E-state index in [0.717, 1.165) is 51.4 Å². The van der Waals surface area contributed by atoms with Gasteiger partial charge in [-0.25, -0.2) is 0 Å². The molecule has 0 saturated carbocycles. The lowest BCUT2D eigenvalue weighted by Crippen LogP contribution is -2.44. The molecule has 2 N–H and O–H groups in total. The van der Waals surface area contributed by atoms with Crippen molar-refractivity contribution in [3.8, 4) is 0 Å². The molecule has 1 aromatic heterocycles. The number of hydrogen-bond donors (Lipinski definition) is 2. The van der Waals surface area contributed by atoms with Crippen LogP contribution in [0.25, 0.3) is 0 Å². The molecule has 0 aromatic carbocycles. The van der Waals surface area contributed by atoms with Crippen LogP contribution >= 0.6 is 35.3 Å². The summed E-state index contributed by atoms with van der Waals surface area (Å²) in [5.41, 5.74) is 0. The molecule has 0 aliphatic carbocycles. The maximum Gasteiger partial charge on any atom is 0.239 e. The highest BCUT2D eigenvalue weighted by Gasteiger charge is 2.30. The van der Waals surface area contributed by atoms with Crippen molar-refractivity contribution in [2.24, 2.45) is 4.99 Å². The number of aliphatic imine (C=N–C) groups is 1. The molecule has 1 aromatic rings. The largest absolute Gasteiger partial charge is 0.356 e. The van der Waals surface area contributed by atoms with Crippen LogP contribution in [0.15, 0.2) is 17.1 Å². The van der Waals surface area contributed by atoms with Crippen molar-refractivity contribution in [1.82, 2.24) is 20.4 Å². The monoisotopic (exact) mass is 493 g/mol. The molecule has 1 amide bonds. The SMILES string of the molecule is CN=C(NCCCN1CCCC1C(=O)N(C)C)NCc1ccc(C)s1.I. The Morgan fingerprint density at radius 1 is 1.38 bits per heavy atom. The Bertz CT molecular complexity index is 590. The molecule has 148 valence electrons. The van der Waals surface area contributed by atoms with Gasteiger partial charge in [0.1, 0.15) is 0 Å². The van der Waals surface area contributed by atoms with Gasteiger partial charge in [-0.1, -0.05) is 0 Å². The molecule has 2 heterocycles. The number of amides is 1. The van der Waals surface area contributed by atoms with Crippen molar-refractivity contribution in [3.63, 3.8) is 0 Å². The number of thiophene rings is 1. The van der Waals surface area contributed by atoms with Gasteiger partial charge >= 0.3 is 0 Å². The van der Waals surface area contributed by atoms with Gasteiger partial charge in [0.15, 0.2) is 5.96 Å². The molecule has 1 aliphatic rings. The minimum Gasteiger partial charge on any atom is -0.356 e. The molecule has 8 heteroatoms. The standard InChI is InChI=1S/C18H31N5OS.HI/c1-14-8-9-15(25-14)13-21-18(19-2)20-10-6-12-23-11-5-7-16(23)17(24)22(3)4;/h8-9,16H,5-7,10-13H2,1-4H3,(H2,19,20,21);1H. The second-order valence-electron chi connectivity index (χ2n) is 6.65. The van der Waals surface area contributed by atoms with E-state index >= 15 is 0 Å². The van der Waals surface area contributed by atoms with Crippen molar-refractivity contribution in [1.29, 1.82) is 0 Å². The molecule has 0 spiro atoms. The summed E-state index contributed by atoms with van der Waals surface area (Å²) in [4.78, 5) is 23.1. The number of aryl methyl sites for hydroxylation is 1. The van der Waals surface area contributed by atoms with E-state index in [1.807, 2.05) is 14.1 Å². The predicted octanol–water partition coefficient (Wildman–Crippen LogP) is 2.28. The van der Waals surface area contributed by atoms with Gasteiger partial charge in [-0.3, -0.25) is 14.7 Å². The van der Waals surface area contributed by atoms with E-state index in [-0.39, 0.29) is 35.9 Å². The molecule has 0 radical (unpaired) electrons. The molecule has 1 aliphatic heterocycles. The first-order valence-electron chi connectivity index (χ1n) is 8.96. The number of likely N-dealkylation sites (N-methyl/N-ethyl adjacent to an activating group) is 1. The van der Waals surface area contributed by atoms with Crippen molar-refractivity contribution in [3.05, 3.63) is 21.9 Å². The van der Waals surface area contributed by atoms with E-state index in [1.54, 1.807) is 23.3 Å². The van der Waals surface area contributed by atoms with Gasteiger partial charge in [0, 0.05) is 44.0 Å². The second kappa shape index (κ2) is 11.8. The number of halogens is 1. The Balaban J connectivity index is 0.00000338. The van der Waals surface area contributed by atoms with Crippen LogP contribution in [0.1, 0.15) is 29.0 Å². The van der Waals surface area contributed by atoms with Crippen LogP contribution in [0.4, 0.5) is 0 Å². The van der Waals surface area contributed by atoms with Gasteiger partial charge in [-0.15, -0.1) is 35.3 Å². The lowest BCUT2D eigenvalue weighted by atomic mass is 10.2. The normalized spacial score (nSPS) is 17.7. The number of likely N-dealkylation sites (tertiary alicyclic amines) is 1. The maximum absolute atomic E-state index is 12.2. The molecule has 2 rings (SSSR count). The Hall–Kier alpha value is -0.870. The van der Waals surface area contributed by atoms with E-state index < -0.39 is 0 Å². The van der Waals surface area contributed by atoms with Crippen LogP contribution in [0.2, 0.25) is 0 Å². The zero-order chi connectivity index (χ0) is 18.2. The van der Waals surface area contributed by atoms with E-state index in [4.69, 9.17) is 0 Å². The van der Waals surface area contributed by atoms with Crippen LogP contribution in [0, 0.1) is 6.92 Å². The van der Waals surface area contributed by atoms with Gasteiger partial charge in [-0.2, -0.15) is 0 Å². The first kappa shape index (κ1) is 23.2. The Labute approximate surface area is 178 Å². The van der Waals surface area contributed by atoms with Crippen LogP contribution in [0.3, 0.4) is 0 Å². The third-order valence-corrected chi connectivity index (χ3v) is 5.45. The minimum atomic E-state index is 0. The summed E-state index contributed by atoms with van der Waals surface area (Å²) in [6.45, 7) is 5.73. The summed E-state index contributed by atoms with van der Waals surface area (Å²) in [6.07, 6.45) is 3.09. The molecule has 6 nitrogen and oxygen atoms in total. The highest BCUT2D eigenvalue weighted by molar-refractivity contribution is 14.0. The third-order valence-electron chi connectivity index (χ3n) is 4.45. The highest BCUT2D eigenvalue weighted by atomic mass is 127. The lowest BCUT2D eigenvalue weighted by molar-refractivity contribution is -0.133. The smallest absolute Gasteiger partial charge is 0.239 e. The molecular weight excluding hydrogens is 461 g/mol. The number of hydrogen-bond acceptors (Lipinski definition) is 4. The lowest BCUT2D eigenvalue weighted by Gasteiger charge is -2.26. The Morgan fingerprint density at radius 2 is 2.15 bits per heavy atom. The van der Waals surface area contributed by atoms with E-state index in [1.165, 1.54) is 9.75 Å². The first-order valence-corrected chi connectivity index (χ1v) is 9.78. The number of carbonyl (C=O) groups excluding carboxylic acids is 1. The average molecular weight is 493 g/mol. The van der Waals surface area contributed by atoms with Crippen molar-refractivity contribution in [2.75, 3.05) is 40.8 Å². The van der Waals surface area contributed by atoms with Crippen LogP contribution in [-0.2, 0) is 11.3 Å². The summed E-state index contributed by atoms with van der Waals surface area (Å²) in [5.74, 6) is 1.06.